The third-order valence-electron chi connectivity index (χ3n) is 4.58. The highest BCUT2D eigenvalue weighted by Crippen LogP contribution is 2.35. The molecule has 6 heteroatoms. The van der Waals surface area contributed by atoms with Gasteiger partial charge in [-0.15, -0.1) is 0 Å². The van der Waals surface area contributed by atoms with Gasteiger partial charge >= 0.3 is 12.0 Å². The number of nitrogens with zero attached hydrogens (tertiary/aromatic N) is 2. The highest BCUT2D eigenvalue weighted by atomic mass is 16.5. The fourth-order valence-electron chi connectivity index (χ4n) is 3.26. The van der Waals surface area contributed by atoms with Gasteiger partial charge < -0.3 is 19.6 Å². The minimum Gasteiger partial charge on any atom is -0.479 e. The van der Waals surface area contributed by atoms with Gasteiger partial charge in [0.2, 0.25) is 0 Å². The van der Waals surface area contributed by atoms with E-state index in [2.05, 4.69) is 0 Å². The van der Waals surface area contributed by atoms with Crippen LogP contribution in [0.3, 0.4) is 0 Å². The van der Waals surface area contributed by atoms with Gasteiger partial charge in [0.15, 0.2) is 0 Å². The van der Waals surface area contributed by atoms with E-state index in [4.69, 9.17) is 4.74 Å². The Morgan fingerprint density at radius 3 is 2.50 bits per heavy atom. The van der Waals surface area contributed by atoms with Crippen molar-refractivity contribution in [1.82, 2.24) is 9.80 Å². The lowest BCUT2D eigenvalue weighted by Gasteiger charge is -2.46. The molecule has 2 aliphatic rings. The van der Waals surface area contributed by atoms with E-state index in [1.807, 2.05) is 20.8 Å². The molecule has 0 aromatic carbocycles. The average Bonchev–Trinajstić information content (AvgIpc) is 2.82. The monoisotopic (exact) mass is 284 g/mol. The maximum absolute atomic E-state index is 12.8. The van der Waals surface area contributed by atoms with Gasteiger partial charge in [0.25, 0.3) is 0 Å². The summed E-state index contributed by atoms with van der Waals surface area (Å²) in [6, 6.07) is -0.167. The standard InChI is InChI=1S/C14H24N2O4/c1-4-14(11(17)18)6-5-7-16(14)12(19)15-8-9-20-10-13(15,2)3/h4-10H2,1-3H3,(H,17,18). The van der Waals surface area contributed by atoms with E-state index in [0.29, 0.717) is 39.1 Å². The molecule has 0 bridgehead atoms. The van der Waals surface area contributed by atoms with E-state index < -0.39 is 17.0 Å². The van der Waals surface area contributed by atoms with Crippen LogP contribution in [0.4, 0.5) is 4.79 Å². The number of urea groups is 1. The number of carbonyl (C=O) groups excluding carboxylic acids is 1. The van der Waals surface area contributed by atoms with Crippen LogP contribution in [-0.2, 0) is 9.53 Å². The molecule has 2 amide bonds. The summed E-state index contributed by atoms with van der Waals surface area (Å²) in [5.41, 5.74) is -1.43. The third kappa shape index (κ3) is 2.26. The molecule has 2 heterocycles. The molecule has 0 aromatic rings. The highest BCUT2D eigenvalue weighted by molar-refractivity contribution is 5.87. The Balaban J connectivity index is 2.25. The number of aliphatic carboxylic acids is 1. The normalized spacial score (nSPS) is 29.6. The van der Waals surface area contributed by atoms with Gasteiger partial charge in [0.05, 0.1) is 18.8 Å². The first-order valence-corrected chi connectivity index (χ1v) is 7.25. The quantitative estimate of drug-likeness (QED) is 0.835. The van der Waals surface area contributed by atoms with Crippen LogP contribution >= 0.6 is 0 Å². The van der Waals surface area contributed by atoms with Gasteiger partial charge in [0.1, 0.15) is 5.54 Å². The molecule has 114 valence electrons. The lowest BCUT2D eigenvalue weighted by atomic mass is 9.93. The second kappa shape index (κ2) is 5.24. The van der Waals surface area contributed by atoms with Crippen molar-refractivity contribution in [2.24, 2.45) is 0 Å². The van der Waals surface area contributed by atoms with Crippen molar-refractivity contribution in [2.75, 3.05) is 26.3 Å². The minimum atomic E-state index is -1.04. The van der Waals surface area contributed by atoms with Crippen LogP contribution in [0.25, 0.3) is 0 Å². The number of likely N-dealkylation sites (tertiary alicyclic amines) is 1. The van der Waals surface area contributed by atoms with Crippen molar-refractivity contribution in [3.05, 3.63) is 0 Å². The van der Waals surface area contributed by atoms with Crippen LogP contribution in [0.5, 0.6) is 0 Å². The highest BCUT2D eigenvalue weighted by Gasteiger charge is 2.51. The number of morpholine rings is 1. The fourth-order valence-corrected chi connectivity index (χ4v) is 3.26. The lowest BCUT2D eigenvalue weighted by Crippen LogP contribution is -2.63. The summed E-state index contributed by atoms with van der Waals surface area (Å²) in [6.07, 6.45) is 1.73. The first-order valence-electron chi connectivity index (χ1n) is 7.25. The van der Waals surface area contributed by atoms with E-state index in [1.165, 1.54) is 0 Å². The zero-order chi connectivity index (χ0) is 15.0. The second-order valence-electron chi connectivity index (χ2n) is 6.24. The summed E-state index contributed by atoms with van der Waals surface area (Å²) in [4.78, 5) is 27.8. The molecule has 0 saturated carbocycles. The number of hydrogen-bond donors (Lipinski definition) is 1. The van der Waals surface area contributed by atoms with Gasteiger partial charge in [-0.25, -0.2) is 9.59 Å². The van der Waals surface area contributed by atoms with Crippen molar-refractivity contribution < 1.29 is 19.4 Å². The van der Waals surface area contributed by atoms with Crippen LogP contribution in [0.1, 0.15) is 40.0 Å². The Hall–Kier alpha value is -1.30. The molecule has 1 N–H and O–H groups in total. The van der Waals surface area contributed by atoms with Crippen LogP contribution in [-0.4, -0.2) is 64.3 Å². The van der Waals surface area contributed by atoms with E-state index in [9.17, 15) is 14.7 Å². The Morgan fingerprint density at radius 1 is 1.25 bits per heavy atom. The summed E-state index contributed by atoms with van der Waals surface area (Å²) >= 11 is 0. The molecule has 2 fully saturated rings. The number of rotatable bonds is 2. The predicted molar refractivity (Wildman–Crippen MR) is 73.6 cm³/mol. The van der Waals surface area contributed by atoms with Gasteiger partial charge in [-0.2, -0.15) is 0 Å². The van der Waals surface area contributed by atoms with Crippen molar-refractivity contribution in [2.45, 2.75) is 51.1 Å². The SMILES string of the molecule is CCC1(C(=O)O)CCCN1C(=O)N1CCOCC1(C)C. The van der Waals surface area contributed by atoms with Gasteiger partial charge in [-0.1, -0.05) is 6.92 Å². The van der Waals surface area contributed by atoms with E-state index in [1.54, 1.807) is 9.80 Å². The van der Waals surface area contributed by atoms with E-state index in [0.717, 1.165) is 6.42 Å². The minimum absolute atomic E-state index is 0.167. The molecule has 0 radical (unpaired) electrons. The molecule has 1 atom stereocenters. The Kier molecular flexibility index (Phi) is 3.95. The summed E-state index contributed by atoms with van der Waals surface area (Å²) in [6.45, 7) is 7.77. The third-order valence-corrected chi connectivity index (χ3v) is 4.58. The van der Waals surface area contributed by atoms with Gasteiger partial charge in [-0.05, 0) is 33.1 Å². The molecule has 2 saturated heterocycles. The number of hydrogen-bond acceptors (Lipinski definition) is 3. The number of amides is 2. The predicted octanol–water partition coefficient (Wildman–Crippen LogP) is 1.55. The molecule has 6 nitrogen and oxygen atoms in total. The van der Waals surface area contributed by atoms with Crippen LogP contribution < -0.4 is 0 Å². The van der Waals surface area contributed by atoms with Gasteiger partial charge in [0, 0.05) is 13.1 Å². The Bertz CT molecular complexity index is 410. The van der Waals surface area contributed by atoms with Gasteiger partial charge in [-0.3, -0.25) is 0 Å². The second-order valence-corrected chi connectivity index (χ2v) is 6.24. The number of carbonyl (C=O) groups is 2. The maximum Gasteiger partial charge on any atom is 0.329 e. The zero-order valence-corrected chi connectivity index (χ0v) is 12.5. The Labute approximate surface area is 119 Å². The van der Waals surface area contributed by atoms with Crippen molar-refractivity contribution in [3.8, 4) is 0 Å². The molecular formula is C14H24N2O4. The first kappa shape index (κ1) is 15.1. The molecule has 0 spiro atoms. The number of ether oxygens (including phenoxy) is 1. The zero-order valence-electron chi connectivity index (χ0n) is 12.5. The molecule has 0 aliphatic carbocycles. The molecule has 0 aromatic heterocycles. The number of carboxylic acids is 1. The smallest absolute Gasteiger partial charge is 0.329 e. The topological polar surface area (TPSA) is 70.1 Å². The first-order chi connectivity index (χ1) is 9.35. The summed E-state index contributed by atoms with van der Waals surface area (Å²) in [5.74, 6) is -0.892. The van der Waals surface area contributed by atoms with Crippen molar-refractivity contribution in [1.29, 1.82) is 0 Å². The maximum atomic E-state index is 12.8. The van der Waals surface area contributed by atoms with E-state index >= 15 is 0 Å². The summed E-state index contributed by atoms with van der Waals surface area (Å²) in [7, 11) is 0. The number of carboxylic acid groups (broad SMARTS) is 1. The molecule has 2 aliphatic heterocycles. The molecule has 2 rings (SSSR count). The van der Waals surface area contributed by atoms with Crippen LogP contribution in [0.2, 0.25) is 0 Å². The molecular weight excluding hydrogens is 260 g/mol. The molecule has 1 unspecified atom stereocenters. The van der Waals surface area contributed by atoms with Crippen LogP contribution in [0.15, 0.2) is 0 Å². The lowest BCUT2D eigenvalue weighted by molar-refractivity contribution is -0.149. The summed E-state index contributed by atoms with van der Waals surface area (Å²) in [5, 5.41) is 9.57. The largest absolute Gasteiger partial charge is 0.479 e. The van der Waals surface area contributed by atoms with Crippen molar-refractivity contribution in [3.63, 3.8) is 0 Å². The fraction of sp³-hybridized carbons (Fsp3) is 0.857. The van der Waals surface area contributed by atoms with E-state index in [-0.39, 0.29) is 6.03 Å². The summed E-state index contributed by atoms with van der Waals surface area (Å²) < 4.78 is 5.42. The average molecular weight is 284 g/mol. The van der Waals surface area contributed by atoms with Crippen LogP contribution in [0, 0.1) is 0 Å². The van der Waals surface area contributed by atoms with Crippen molar-refractivity contribution >= 4 is 12.0 Å². The Morgan fingerprint density at radius 2 is 1.95 bits per heavy atom. The molecule has 20 heavy (non-hydrogen) atoms.